The van der Waals surface area contributed by atoms with Crippen LogP contribution in [0.15, 0.2) is 23.2 Å². The molecule has 0 fully saturated rings. The van der Waals surface area contributed by atoms with Gasteiger partial charge in [0.25, 0.3) is 0 Å². The Morgan fingerprint density at radius 1 is 1.25 bits per heavy atom. The molecule has 0 spiro atoms. The smallest absolute Gasteiger partial charge is 0.190 e. The molecule has 0 unspecified atom stereocenters. The molecule has 0 amide bonds. The maximum absolute atomic E-state index is 13.4. The lowest BCUT2D eigenvalue weighted by Crippen LogP contribution is -2.39. The normalized spacial score (nSPS) is 11.5. The van der Waals surface area contributed by atoms with Crippen molar-refractivity contribution in [3.63, 3.8) is 0 Å². The molecule has 1 aromatic rings. The van der Waals surface area contributed by atoms with E-state index in [2.05, 4.69) is 15.6 Å². The molecule has 1 aromatic carbocycles. The van der Waals surface area contributed by atoms with Gasteiger partial charge >= 0.3 is 0 Å². The maximum Gasteiger partial charge on any atom is 0.190 e. The van der Waals surface area contributed by atoms with E-state index in [1.165, 1.54) is 6.07 Å². The van der Waals surface area contributed by atoms with E-state index in [0.717, 1.165) is 25.1 Å². The van der Waals surface area contributed by atoms with Crippen LogP contribution >= 0.6 is 0 Å². The third-order valence-corrected chi connectivity index (χ3v) is 2.74. The summed E-state index contributed by atoms with van der Waals surface area (Å²) in [6.07, 6.45) is 1.26. The first-order valence-electron chi connectivity index (χ1n) is 6.54. The highest BCUT2D eigenvalue weighted by Crippen LogP contribution is 2.09. The van der Waals surface area contributed by atoms with Gasteiger partial charge in [-0.3, -0.25) is 4.99 Å². The molecule has 1 rings (SSSR count). The van der Waals surface area contributed by atoms with E-state index in [1.54, 1.807) is 14.2 Å². The van der Waals surface area contributed by atoms with E-state index in [1.807, 2.05) is 0 Å². The number of nitrogens with one attached hydrogen (secondary N) is 2. The molecule has 0 heterocycles. The number of ether oxygens (including phenoxy) is 1. The van der Waals surface area contributed by atoms with Gasteiger partial charge in [-0.15, -0.1) is 0 Å². The maximum atomic E-state index is 13.4. The van der Waals surface area contributed by atoms with Crippen LogP contribution in [0.2, 0.25) is 0 Å². The van der Waals surface area contributed by atoms with Crippen molar-refractivity contribution < 1.29 is 13.5 Å². The molecule has 20 heavy (non-hydrogen) atoms. The van der Waals surface area contributed by atoms with Crippen molar-refractivity contribution in [1.82, 2.24) is 10.6 Å². The van der Waals surface area contributed by atoms with Crippen LogP contribution in [0.1, 0.15) is 12.0 Å². The van der Waals surface area contributed by atoms with E-state index < -0.39 is 11.6 Å². The van der Waals surface area contributed by atoms with Crippen molar-refractivity contribution in [1.29, 1.82) is 0 Å². The number of guanidine groups is 1. The number of rotatable bonds is 7. The number of hydrogen-bond donors (Lipinski definition) is 2. The zero-order valence-corrected chi connectivity index (χ0v) is 11.9. The molecule has 0 aliphatic heterocycles. The summed E-state index contributed by atoms with van der Waals surface area (Å²) in [7, 11) is 3.31. The third-order valence-electron chi connectivity index (χ3n) is 2.74. The Balaban J connectivity index is 2.32. The topological polar surface area (TPSA) is 45.7 Å². The average molecular weight is 285 g/mol. The zero-order valence-electron chi connectivity index (χ0n) is 11.9. The van der Waals surface area contributed by atoms with E-state index >= 15 is 0 Å². The van der Waals surface area contributed by atoms with Gasteiger partial charge in [-0.25, -0.2) is 8.78 Å². The summed E-state index contributed by atoms with van der Waals surface area (Å²) in [4.78, 5) is 4.04. The average Bonchev–Trinajstić information content (AvgIpc) is 2.45. The summed E-state index contributed by atoms with van der Waals surface area (Å²) in [6, 6.07) is 3.47. The summed E-state index contributed by atoms with van der Waals surface area (Å²) in [6.45, 7) is 1.89. The summed E-state index contributed by atoms with van der Waals surface area (Å²) < 4.78 is 31.4. The van der Waals surface area contributed by atoms with E-state index in [9.17, 15) is 8.78 Å². The number of methoxy groups -OCH3 is 1. The lowest BCUT2D eigenvalue weighted by molar-refractivity contribution is 0.195. The molecule has 6 heteroatoms. The summed E-state index contributed by atoms with van der Waals surface area (Å²) >= 11 is 0. The Hall–Kier alpha value is -1.69. The molecule has 2 N–H and O–H groups in total. The molecular formula is C14H21F2N3O. The minimum Gasteiger partial charge on any atom is -0.385 e. The van der Waals surface area contributed by atoms with Crippen molar-refractivity contribution >= 4 is 5.96 Å². The monoisotopic (exact) mass is 285 g/mol. The minimum absolute atomic E-state index is 0.354. The molecular weight excluding hydrogens is 264 g/mol. The SMILES string of the molecule is CN=C(NCCCOC)NCCc1cc(F)ccc1F. The predicted octanol–water partition coefficient (Wildman–Crippen LogP) is 1.71. The molecule has 0 aliphatic carbocycles. The highest BCUT2D eigenvalue weighted by Gasteiger charge is 2.04. The van der Waals surface area contributed by atoms with Crippen LogP contribution < -0.4 is 10.6 Å². The second-order valence-corrected chi connectivity index (χ2v) is 4.26. The van der Waals surface area contributed by atoms with Crippen LogP contribution in [0.5, 0.6) is 0 Å². The molecule has 0 atom stereocenters. The minimum atomic E-state index is -0.427. The Kier molecular flexibility index (Phi) is 7.57. The fourth-order valence-corrected chi connectivity index (χ4v) is 1.69. The number of aliphatic imine (C=N–C) groups is 1. The van der Waals surface area contributed by atoms with E-state index in [4.69, 9.17) is 4.74 Å². The lowest BCUT2D eigenvalue weighted by atomic mass is 10.1. The molecule has 0 aromatic heterocycles. The van der Waals surface area contributed by atoms with Gasteiger partial charge in [0.1, 0.15) is 11.6 Å². The van der Waals surface area contributed by atoms with E-state index in [0.29, 0.717) is 31.1 Å². The van der Waals surface area contributed by atoms with Crippen molar-refractivity contribution in [3.8, 4) is 0 Å². The van der Waals surface area contributed by atoms with Gasteiger partial charge in [-0.05, 0) is 36.6 Å². The van der Waals surface area contributed by atoms with Crippen molar-refractivity contribution in [2.45, 2.75) is 12.8 Å². The number of halogens is 2. The van der Waals surface area contributed by atoms with Crippen molar-refractivity contribution in [2.75, 3.05) is 33.9 Å². The Labute approximate surface area is 118 Å². The summed E-state index contributed by atoms with van der Waals surface area (Å²) in [5.41, 5.74) is 0.354. The molecule has 0 saturated carbocycles. The van der Waals surface area contributed by atoms with Crippen LogP contribution in [0.3, 0.4) is 0 Å². The Morgan fingerprint density at radius 3 is 2.70 bits per heavy atom. The Morgan fingerprint density at radius 2 is 2.00 bits per heavy atom. The van der Waals surface area contributed by atoms with Gasteiger partial charge in [0.2, 0.25) is 0 Å². The highest BCUT2D eigenvalue weighted by atomic mass is 19.1. The van der Waals surface area contributed by atoms with Crippen molar-refractivity contribution in [2.24, 2.45) is 4.99 Å². The van der Waals surface area contributed by atoms with Gasteiger partial charge in [0.15, 0.2) is 5.96 Å². The van der Waals surface area contributed by atoms with Crippen LogP contribution in [0.25, 0.3) is 0 Å². The molecule has 112 valence electrons. The summed E-state index contributed by atoms with van der Waals surface area (Å²) in [5.74, 6) is -0.183. The van der Waals surface area contributed by atoms with Crippen molar-refractivity contribution in [3.05, 3.63) is 35.4 Å². The first-order chi connectivity index (χ1) is 9.67. The number of benzene rings is 1. The number of nitrogens with zero attached hydrogens (tertiary/aromatic N) is 1. The zero-order chi connectivity index (χ0) is 14.8. The fraction of sp³-hybridized carbons (Fsp3) is 0.500. The fourth-order valence-electron chi connectivity index (χ4n) is 1.69. The van der Waals surface area contributed by atoms with Gasteiger partial charge in [0.05, 0.1) is 0 Å². The standard InChI is InChI=1S/C14H21F2N3O/c1-17-14(18-7-3-9-20-2)19-8-6-11-10-12(15)4-5-13(11)16/h4-5,10H,3,6-9H2,1-2H3,(H2,17,18,19). The molecule has 4 nitrogen and oxygen atoms in total. The quantitative estimate of drug-likeness (QED) is 0.455. The summed E-state index contributed by atoms with van der Waals surface area (Å²) in [5, 5.41) is 6.16. The van der Waals surface area contributed by atoms with Crippen LogP contribution in [-0.4, -0.2) is 39.8 Å². The first kappa shape index (κ1) is 16.4. The van der Waals surface area contributed by atoms with Gasteiger partial charge < -0.3 is 15.4 Å². The van der Waals surface area contributed by atoms with Gasteiger partial charge in [0, 0.05) is 33.9 Å². The molecule has 0 radical (unpaired) electrons. The highest BCUT2D eigenvalue weighted by molar-refractivity contribution is 5.79. The van der Waals surface area contributed by atoms with E-state index in [-0.39, 0.29) is 0 Å². The lowest BCUT2D eigenvalue weighted by Gasteiger charge is -2.12. The van der Waals surface area contributed by atoms with Gasteiger partial charge in [-0.2, -0.15) is 0 Å². The molecule has 0 aliphatic rings. The number of hydrogen-bond acceptors (Lipinski definition) is 2. The van der Waals surface area contributed by atoms with Crippen LogP contribution in [0.4, 0.5) is 8.78 Å². The Bertz CT molecular complexity index is 438. The second-order valence-electron chi connectivity index (χ2n) is 4.26. The first-order valence-corrected chi connectivity index (χ1v) is 6.54. The third kappa shape index (κ3) is 5.97. The van der Waals surface area contributed by atoms with Gasteiger partial charge in [-0.1, -0.05) is 0 Å². The second kappa shape index (κ2) is 9.25. The van der Waals surface area contributed by atoms with Crippen LogP contribution in [0, 0.1) is 11.6 Å². The molecule has 0 bridgehead atoms. The van der Waals surface area contributed by atoms with Crippen LogP contribution in [-0.2, 0) is 11.2 Å². The molecule has 0 saturated heterocycles. The largest absolute Gasteiger partial charge is 0.385 e. The predicted molar refractivity (Wildman–Crippen MR) is 75.9 cm³/mol.